The molecular formula is C22H32N4O. The predicted octanol–water partition coefficient (Wildman–Crippen LogP) is 3.05. The second kappa shape index (κ2) is 8.03. The summed E-state index contributed by atoms with van der Waals surface area (Å²) in [6.45, 7) is 12.1. The normalized spacial score (nSPS) is 22.6. The highest BCUT2D eigenvalue weighted by Crippen LogP contribution is 2.22. The molecule has 1 unspecified atom stereocenters. The monoisotopic (exact) mass is 368 g/mol. The maximum absolute atomic E-state index is 13.0. The molecule has 0 saturated carbocycles. The number of nitrogens with zero attached hydrogens (tertiary/aromatic N) is 3. The van der Waals surface area contributed by atoms with Crippen LogP contribution in [0.5, 0.6) is 0 Å². The molecule has 3 heterocycles. The second-order valence-corrected chi connectivity index (χ2v) is 8.47. The number of fused-ring (bicyclic) bond motifs is 1. The summed E-state index contributed by atoms with van der Waals surface area (Å²) in [5, 5.41) is 1.16. The van der Waals surface area contributed by atoms with Gasteiger partial charge in [0, 0.05) is 69.1 Å². The molecule has 1 N–H and O–H groups in total. The zero-order chi connectivity index (χ0) is 18.8. The first-order valence-corrected chi connectivity index (χ1v) is 10.4. The van der Waals surface area contributed by atoms with Gasteiger partial charge < -0.3 is 14.8 Å². The summed E-state index contributed by atoms with van der Waals surface area (Å²) in [6.07, 6.45) is 4.28. The average molecular weight is 369 g/mol. The number of H-pyrrole nitrogens is 1. The Morgan fingerprint density at radius 2 is 1.96 bits per heavy atom. The van der Waals surface area contributed by atoms with E-state index in [-0.39, 0.29) is 5.91 Å². The van der Waals surface area contributed by atoms with E-state index in [9.17, 15) is 4.79 Å². The maximum Gasteiger partial charge on any atom is 0.253 e. The van der Waals surface area contributed by atoms with Crippen molar-refractivity contribution in [3.8, 4) is 0 Å². The number of aromatic amines is 1. The first-order chi connectivity index (χ1) is 13.1. The largest absolute Gasteiger partial charge is 0.361 e. The molecule has 27 heavy (non-hydrogen) atoms. The second-order valence-electron chi connectivity index (χ2n) is 8.47. The first-order valence-electron chi connectivity index (χ1n) is 10.4. The van der Waals surface area contributed by atoms with Crippen LogP contribution in [-0.4, -0.2) is 77.4 Å². The van der Waals surface area contributed by atoms with Crippen LogP contribution in [0.15, 0.2) is 30.5 Å². The van der Waals surface area contributed by atoms with E-state index in [0.29, 0.717) is 12.0 Å². The van der Waals surface area contributed by atoms with Crippen LogP contribution in [-0.2, 0) is 0 Å². The number of carbonyl (C=O) groups is 1. The van der Waals surface area contributed by atoms with Gasteiger partial charge in [0.25, 0.3) is 5.91 Å². The lowest BCUT2D eigenvalue weighted by atomic mass is 9.96. The van der Waals surface area contributed by atoms with Crippen molar-refractivity contribution >= 4 is 16.8 Å². The van der Waals surface area contributed by atoms with E-state index >= 15 is 0 Å². The van der Waals surface area contributed by atoms with Crippen molar-refractivity contribution in [2.24, 2.45) is 5.92 Å². The molecule has 1 aromatic carbocycles. The quantitative estimate of drug-likeness (QED) is 0.902. The summed E-state index contributed by atoms with van der Waals surface area (Å²) in [7, 11) is 0. The molecule has 2 aliphatic heterocycles. The summed E-state index contributed by atoms with van der Waals surface area (Å²) < 4.78 is 0. The molecule has 1 aromatic heterocycles. The van der Waals surface area contributed by atoms with Gasteiger partial charge in [0.05, 0.1) is 0 Å². The highest BCUT2D eigenvalue weighted by atomic mass is 16.2. The van der Waals surface area contributed by atoms with E-state index in [1.807, 2.05) is 30.5 Å². The number of piperidine rings is 1. The Hall–Kier alpha value is -1.85. The van der Waals surface area contributed by atoms with Crippen LogP contribution in [0.1, 0.15) is 37.0 Å². The Morgan fingerprint density at radius 1 is 1.15 bits per heavy atom. The highest BCUT2D eigenvalue weighted by molar-refractivity contribution is 5.98. The number of hydrogen-bond donors (Lipinski definition) is 1. The van der Waals surface area contributed by atoms with E-state index in [1.165, 1.54) is 19.5 Å². The minimum absolute atomic E-state index is 0.181. The van der Waals surface area contributed by atoms with Crippen molar-refractivity contribution in [2.45, 2.75) is 32.7 Å². The third-order valence-corrected chi connectivity index (χ3v) is 6.26. The van der Waals surface area contributed by atoms with Gasteiger partial charge in [-0.1, -0.05) is 6.07 Å². The lowest BCUT2D eigenvalue weighted by Crippen LogP contribution is -2.51. The standard InChI is InChI=1S/C22H32N4O/c1-17(2)25-12-10-24(11-13-25)15-18-4-3-9-26(16-18)22(27)20-6-5-19-7-8-23-21(19)14-20/h5-8,14,17-18,23H,3-4,9-13,15-16H2,1-2H3. The number of rotatable bonds is 4. The average Bonchev–Trinajstić information content (AvgIpc) is 3.16. The molecule has 2 fully saturated rings. The fraction of sp³-hybridized carbons (Fsp3) is 0.591. The molecule has 146 valence electrons. The van der Waals surface area contributed by atoms with Gasteiger partial charge in [-0.15, -0.1) is 0 Å². The summed E-state index contributed by atoms with van der Waals surface area (Å²) >= 11 is 0. The topological polar surface area (TPSA) is 42.6 Å². The molecule has 2 aliphatic rings. The van der Waals surface area contributed by atoms with E-state index < -0.39 is 0 Å². The van der Waals surface area contributed by atoms with Gasteiger partial charge in [-0.3, -0.25) is 9.69 Å². The van der Waals surface area contributed by atoms with Crippen LogP contribution in [0.25, 0.3) is 10.9 Å². The van der Waals surface area contributed by atoms with Gasteiger partial charge >= 0.3 is 0 Å². The fourth-order valence-electron chi connectivity index (χ4n) is 4.59. The molecule has 1 atom stereocenters. The number of aromatic nitrogens is 1. The van der Waals surface area contributed by atoms with Crippen molar-refractivity contribution < 1.29 is 4.79 Å². The molecule has 2 saturated heterocycles. The third-order valence-electron chi connectivity index (χ3n) is 6.26. The smallest absolute Gasteiger partial charge is 0.253 e. The van der Waals surface area contributed by atoms with E-state index in [1.54, 1.807) is 0 Å². The molecule has 5 heteroatoms. The number of piperazine rings is 1. The van der Waals surface area contributed by atoms with E-state index in [0.717, 1.165) is 55.6 Å². The minimum atomic E-state index is 0.181. The Labute approximate surface area is 162 Å². The number of carbonyl (C=O) groups excluding carboxylic acids is 1. The highest BCUT2D eigenvalue weighted by Gasteiger charge is 2.27. The van der Waals surface area contributed by atoms with Gasteiger partial charge in [-0.25, -0.2) is 0 Å². The zero-order valence-corrected chi connectivity index (χ0v) is 16.7. The van der Waals surface area contributed by atoms with Crippen molar-refractivity contribution in [3.63, 3.8) is 0 Å². The molecule has 2 aromatic rings. The van der Waals surface area contributed by atoms with Crippen molar-refractivity contribution in [2.75, 3.05) is 45.8 Å². The molecule has 0 spiro atoms. The summed E-state index contributed by atoms with van der Waals surface area (Å²) in [4.78, 5) is 23.5. The molecule has 4 rings (SSSR count). The fourth-order valence-corrected chi connectivity index (χ4v) is 4.59. The summed E-state index contributed by atoms with van der Waals surface area (Å²) in [5.74, 6) is 0.781. The Kier molecular flexibility index (Phi) is 5.50. The maximum atomic E-state index is 13.0. The van der Waals surface area contributed by atoms with Crippen LogP contribution >= 0.6 is 0 Å². The lowest BCUT2D eigenvalue weighted by Gasteiger charge is -2.40. The minimum Gasteiger partial charge on any atom is -0.361 e. The molecule has 5 nitrogen and oxygen atoms in total. The Balaban J connectivity index is 1.34. The number of amides is 1. The Morgan fingerprint density at radius 3 is 2.74 bits per heavy atom. The number of likely N-dealkylation sites (tertiary alicyclic amines) is 1. The lowest BCUT2D eigenvalue weighted by molar-refractivity contribution is 0.0571. The zero-order valence-electron chi connectivity index (χ0n) is 16.7. The van der Waals surface area contributed by atoms with Crippen LogP contribution in [0.4, 0.5) is 0 Å². The van der Waals surface area contributed by atoms with Crippen molar-refractivity contribution in [1.29, 1.82) is 0 Å². The van der Waals surface area contributed by atoms with Gasteiger partial charge in [0.15, 0.2) is 0 Å². The van der Waals surface area contributed by atoms with Gasteiger partial charge in [-0.2, -0.15) is 0 Å². The third kappa shape index (κ3) is 4.19. The van der Waals surface area contributed by atoms with Crippen LogP contribution in [0.3, 0.4) is 0 Å². The first kappa shape index (κ1) is 18.5. The number of nitrogens with one attached hydrogen (secondary N) is 1. The van der Waals surface area contributed by atoms with E-state index in [4.69, 9.17) is 0 Å². The molecule has 0 radical (unpaired) electrons. The van der Waals surface area contributed by atoms with Gasteiger partial charge in [0.2, 0.25) is 0 Å². The van der Waals surface area contributed by atoms with Crippen molar-refractivity contribution in [3.05, 3.63) is 36.0 Å². The predicted molar refractivity (Wildman–Crippen MR) is 110 cm³/mol. The molecule has 0 aliphatic carbocycles. The number of benzene rings is 1. The molecular weight excluding hydrogens is 336 g/mol. The summed E-state index contributed by atoms with van der Waals surface area (Å²) in [6, 6.07) is 8.68. The van der Waals surface area contributed by atoms with Crippen molar-refractivity contribution in [1.82, 2.24) is 19.7 Å². The van der Waals surface area contributed by atoms with E-state index in [2.05, 4.69) is 33.5 Å². The number of hydrogen-bond acceptors (Lipinski definition) is 3. The van der Waals surface area contributed by atoms with Gasteiger partial charge in [-0.05, 0) is 56.2 Å². The summed E-state index contributed by atoms with van der Waals surface area (Å²) in [5.41, 5.74) is 1.84. The molecule has 1 amide bonds. The van der Waals surface area contributed by atoms with Crippen LogP contribution in [0.2, 0.25) is 0 Å². The molecule has 0 bridgehead atoms. The Bertz CT molecular complexity index is 775. The SMILES string of the molecule is CC(C)N1CCN(CC2CCCN(C(=O)c3ccc4cc[nH]c4c3)C2)CC1. The van der Waals surface area contributed by atoms with Crippen LogP contribution in [0, 0.1) is 5.92 Å². The van der Waals surface area contributed by atoms with Crippen LogP contribution < -0.4 is 0 Å². The van der Waals surface area contributed by atoms with Gasteiger partial charge in [0.1, 0.15) is 0 Å².